The molecule has 0 spiro atoms. The third-order valence-corrected chi connectivity index (χ3v) is 2.11. The Kier molecular flexibility index (Phi) is 2.59. The van der Waals surface area contributed by atoms with E-state index >= 15 is 0 Å². The molecule has 0 saturated heterocycles. The Hall–Kier alpha value is -1.63. The summed E-state index contributed by atoms with van der Waals surface area (Å²) in [5.74, 6) is 0. The van der Waals surface area contributed by atoms with E-state index in [2.05, 4.69) is 24.0 Å². The van der Waals surface area contributed by atoms with Crippen LogP contribution in [0.5, 0.6) is 0 Å². The molecule has 0 bridgehead atoms. The topological polar surface area (TPSA) is 12.9 Å². The van der Waals surface area contributed by atoms with Crippen molar-refractivity contribution < 1.29 is 0 Å². The van der Waals surface area contributed by atoms with Crippen LogP contribution in [-0.4, -0.2) is 4.98 Å². The standard InChI is InChI=1S/C13H12N/c1-11-7-8-14-13(9-11)10-12-5-3-2-4-6-12/h2-9H,1,10H2. The van der Waals surface area contributed by atoms with Crippen LogP contribution < -0.4 is 0 Å². The third-order valence-electron chi connectivity index (χ3n) is 2.11. The van der Waals surface area contributed by atoms with Crippen molar-refractivity contribution in [2.45, 2.75) is 6.42 Å². The summed E-state index contributed by atoms with van der Waals surface area (Å²) in [6.45, 7) is 3.88. The fourth-order valence-corrected chi connectivity index (χ4v) is 1.43. The smallest absolute Gasteiger partial charge is 0.0450 e. The van der Waals surface area contributed by atoms with Crippen LogP contribution in [0.1, 0.15) is 16.8 Å². The summed E-state index contributed by atoms with van der Waals surface area (Å²) < 4.78 is 0. The van der Waals surface area contributed by atoms with Gasteiger partial charge in [-0.25, -0.2) is 0 Å². The second-order valence-electron chi connectivity index (χ2n) is 3.32. The molecule has 0 unspecified atom stereocenters. The first kappa shape index (κ1) is 8.95. The Balaban J connectivity index is 2.19. The molecule has 0 aliphatic heterocycles. The van der Waals surface area contributed by atoms with Crippen LogP contribution in [0, 0.1) is 6.92 Å². The van der Waals surface area contributed by atoms with Crippen LogP contribution in [0.2, 0.25) is 0 Å². The molecule has 1 aromatic carbocycles. The zero-order valence-electron chi connectivity index (χ0n) is 7.98. The van der Waals surface area contributed by atoms with Crippen molar-refractivity contribution in [2.24, 2.45) is 0 Å². The van der Waals surface area contributed by atoms with Crippen LogP contribution in [0.15, 0.2) is 48.7 Å². The van der Waals surface area contributed by atoms with Crippen molar-refractivity contribution >= 4 is 0 Å². The highest BCUT2D eigenvalue weighted by atomic mass is 14.7. The molecule has 0 amide bonds. The van der Waals surface area contributed by atoms with Gasteiger partial charge in [0.15, 0.2) is 0 Å². The van der Waals surface area contributed by atoms with Gasteiger partial charge in [-0.15, -0.1) is 0 Å². The van der Waals surface area contributed by atoms with Gasteiger partial charge in [0, 0.05) is 18.3 Å². The first-order valence-electron chi connectivity index (χ1n) is 4.65. The fraction of sp³-hybridized carbons (Fsp3) is 0.0769. The van der Waals surface area contributed by atoms with Gasteiger partial charge in [0.2, 0.25) is 0 Å². The van der Waals surface area contributed by atoms with Gasteiger partial charge in [-0.1, -0.05) is 30.3 Å². The van der Waals surface area contributed by atoms with E-state index < -0.39 is 0 Å². The SMILES string of the molecule is [CH2]c1ccnc(Cc2ccccc2)c1. The lowest BCUT2D eigenvalue weighted by Gasteiger charge is -2.01. The van der Waals surface area contributed by atoms with Gasteiger partial charge >= 0.3 is 0 Å². The van der Waals surface area contributed by atoms with Gasteiger partial charge in [0.25, 0.3) is 0 Å². The molecule has 1 heterocycles. The quantitative estimate of drug-likeness (QED) is 0.696. The Bertz CT molecular complexity index is 407. The molecule has 0 atom stereocenters. The maximum absolute atomic E-state index is 4.29. The third kappa shape index (κ3) is 2.19. The molecular weight excluding hydrogens is 170 g/mol. The van der Waals surface area contributed by atoms with Crippen LogP contribution in [0.3, 0.4) is 0 Å². The average molecular weight is 182 g/mol. The highest BCUT2D eigenvalue weighted by Gasteiger charge is 1.96. The first-order valence-corrected chi connectivity index (χ1v) is 4.65. The molecule has 2 rings (SSSR count). The van der Waals surface area contributed by atoms with Crippen molar-refractivity contribution in [1.29, 1.82) is 0 Å². The molecule has 14 heavy (non-hydrogen) atoms. The molecule has 0 aliphatic carbocycles. The largest absolute Gasteiger partial charge is 0.261 e. The van der Waals surface area contributed by atoms with E-state index in [0.29, 0.717) is 0 Å². The first-order chi connectivity index (χ1) is 6.84. The number of pyridine rings is 1. The van der Waals surface area contributed by atoms with Crippen molar-refractivity contribution in [2.75, 3.05) is 0 Å². The van der Waals surface area contributed by atoms with Gasteiger partial charge in [-0.3, -0.25) is 4.98 Å². The van der Waals surface area contributed by atoms with E-state index in [0.717, 1.165) is 17.7 Å². The number of hydrogen-bond donors (Lipinski definition) is 0. The van der Waals surface area contributed by atoms with Crippen molar-refractivity contribution in [3.05, 3.63) is 72.4 Å². The Morgan fingerprint density at radius 3 is 2.57 bits per heavy atom. The summed E-state index contributed by atoms with van der Waals surface area (Å²) in [6.07, 6.45) is 2.69. The van der Waals surface area contributed by atoms with Gasteiger partial charge in [0.1, 0.15) is 0 Å². The van der Waals surface area contributed by atoms with Gasteiger partial charge in [-0.2, -0.15) is 0 Å². The molecule has 2 aromatic rings. The molecule has 1 nitrogen and oxygen atoms in total. The number of aromatic nitrogens is 1. The summed E-state index contributed by atoms with van der Waals surface area (Å²) in [5.41, 5.74) is 3.38. The van der Waals surface area contributed by atoms with Gasteiger partial charge in [-0.05, 0) is 30.2 Å². The highest BCUT2D eigenvalue weighted by Crippen LogP contribution is 2.07. The minimum absolute atomic E-state index is 0.879. The van der Waals surface area contributed by atoms with Crippen LogP contribution in [0.25, 0.3) is 0 Å². The molecular formula is C13H12N. The predicted molar refractivity (Wildman–Crippen MR) is 57.9 cm³/mol. The van der Waals surface area contributed by atoms with Crippen molar-refractivity contribution in [1.82, 2.24) is 4.98 Å². The van der Waals surface area contributed by atoms with E-state index in [-0.39, 0.29) is 0 Å². The van der Waals surface area contributed by atoms with E-state index in [9.17, 15) is 0 Å². The van der Waals surface area contributed by atoms with Crippen molar-refractivity contribution in [3.63, 3.8) is 0 Å². The van der Waals surface area contributed by atoms with E-state index in [1.807, 2.05) is 30.3 Å². The Morgan fingerprint density at radius 2 is 1.86 bits per heavy atom. The Morgan fingerprint density at radius 1 is 1.07 bits per heavy atom. The maximum atomic E-state index is 4.29. The molecule has 69 valence electrons. The second-order valence-corrected chi connectivity index (χ2v) is 3.32. The fourth-order valence-electron chi connectivity index (χ4n) is 1.43. The lowest BCUT2D eigenvalue weighted by molar-refractivity contribution is 1.07. The number of nitrogens with zero attached hydrogens (tertiary/aromatic N) is 1. The van der Waals surface area contributed by atoms with Gasteiger partial charge < -0.3 is 0 Å². The zero-order valence-corrected chi connectivity index (χ0v) is 7.98. The molecule has 0 aliphatic rings. The molecule has 0 N–H and O–H groups in total. The predicted octanol–water partition coefficient (Wildman–Crippen LogP) is 2.85. The summed E-state index contributed by atoms with van der Waals surface area (Å²) >= 11 is 0. The minimum atomic E-state index is 0.879. The summed E-state index contributed by atoms with van der Waals surface area (Å²) in [6, 6.07) is 14.3. The zero-order chi connectivity index (χ0) is 9.80. The van der Waals surface area contributed by atoms with Gasteiger partial charge in [0.05, 0.1) is 0 Å². The Labute approximate surface area is 84.4 Å². The van der Waals surface area contributed by atoms with Crippen molar-refractivity contribution in [3.8, 4) is 0 Å². The number of hydrogen-bond acceptors (Lipinski definition) is 1. The van der Waals surface area contributed by atoms with E-state index in [1.165, 1.54) is 5.56 Å². The molecule has 1 aromatic heterocycles. The highest BCUT2D eigenvalue weighted by molar-refractivity contribution is 5.25. The summed E-state index contributed by atoms with van der Waals surface area (Å²) in [4.78, 5) is 4.29. The van der Waals surface area contributed by atoms with Crippen LogP contribution >= 0.6 is 0 Å². The second kappa shape index (κ2) is 4.05. The molecule has 1 radical (unpaired) electrons. The van der Waals surface area contributed by atoms with E-state index in [4.69, 9.17) is 0 Å². The van der Waals surface area contributed by atoms with Crippen LogP contribution in [-0.2, 0) is 6.42 Å². The minimum Gasteiger partial charge on any atom is -0.261 e. The lowest BCUT2D eigenvalue weighted by atomic mass is 10.1. The molecule has 1 heteroatoms. The maximum Gasteiger partial charge on any atom is 0.0450 e. The average Bonchev–Trinajstić information content (AvgIpc) is 2.19. The number of benzene rings is 1. The number of rotatable bonds is 2. The summed E-state index contributed by atoms with van der Waals surface area (Å²) in [7, 11) is 0. The molecule has 0 saturated carbocycles. The lowest BCUT2D eigenvalue weighted by Crippen LogP contribution is -1.91. The normalized spacial score (nSPS) is 10.1. The molecule has 0 fully saturated rings. The summed E-state index contributed by atoms with van der Waals surface area (Å²) in [5, 5.41) is 0. The van der Waals surface area contributed by atoms with Crippen LogP contribution in [0.4, 0.5) is 0 Å². The monoisotopic (exact) mass is 182 g/mol. The van der Waals surface area contributed by atoms with E-state index in [1.54, 1.807) is 6.20 Å².